The summed E-state index contributed by atoms with van der Waals surface area (Å²) in [4.78, 5) is 24.2. The van der Waals surface area contributed by atoms with Crippen LogP contribution in [-0.2, 0) is 4.79 Å². The van der Waals surface area contributed by atoms with E-state index in [9.17, 15) is 9.59 Å². The normalized spacial score (nSPS) is 15.9. The second kappa shape index (κ2) is 7.77. The average Bonchev–Trinajstić information content (AvgIpc) is 3.26. The molecule has 8 heteroatoms. The van der Waals surface area contributed by atoms with E-state index in [0.717, 1.165) is 12.8 Å². The number of rotatable bonds is 6. The van der Waals surface area contributed by atoms with Gasteiger partial charge in [0.1, 0.15) is 0 Å². The van der Waals surface area contributed by atoms with Crippen LogP contribution in [-0.4, -0.2) is 37.1 Å². The molecule has 1 aliphatic carbocycles. The summed E-state index contributed by atoms with van der Waals surface area (Å²) < 4.78 is 1.84. The number of ketones is 1. The number of nitrogens with zero attached hydrogens (tertiary/aromatic N) is 4. The number of carbonyl (C=O) groups excluding carboxylic acids is 2. The molecular formula is C17H21N5O2S. The second-order valence-corrected chi connectivity index (χ2v) is 7.50. The summed E-state index contributed by atoms with van der Waals surface area (Å²) in [5, 5.41) is 15.0. The number of carbonyl (C=O) groups is 2. The summed E-state index contributed by atoms with van der Waals surface area (Å²) >= 11 is 1.34. The topological polar surface area (TPSA) is 89.8 Å². The van der Waals surface area contributed by atoms with Gasteiger partial charge in [-0.2, -0.15) is 0 Å². The van der Waals surface area contributed by atoms with E-state index in [1.54, 1.807) is 24.3 Å². The van der Waals surface area contributed by atoms with E-state index in [0.29, 0.717) is 22.4 Å². The number of nitrogens with one attached hydrogen (secondary N) is 1. The van der Waals surface area contributed by atoms with Gasteiger partial charge in [-0.3, -0.25) is 9.59 Å². The maximum Gasteiger partial charge on any atom is 0.237 e. The summed E-state index contributed by atoms with van der Waals surface area (Å²) in [6.07, 6.45) is 4.52. The number of thioether (sulfide) groups is 1. The van der Waals surface area contributed by atoms with E-state index in [-0.39, 0.29) is 16.9 Å². The minimum absolute atomic E-state index is 0.0821. The first-order valence-corrected chi connectivity index (χ1v) is 9.29. The van der Waals surface area contributed by atoms with Crippen molar-refractivity contribution < 1.29 is 9.59 Å². The number of benzene rings is 1. The molecule has 1 atom stereocenters. The summed E-state index contributed by atoms with van der Waals surface area (Å²) in [5.41, 5.74) is 1.03. The van der Waals surface area contributed by atoms with Crippen LogP contribution in [0.2, 0.25) is 0 Å². The lowest BCUT2D eigenvalue weighted by Crippen LogP contribution is -2.24. The molecule has 1 N–H and O–H groups in total. The van der Waals surface area contributed by atoms with Crippen LogP contribution in [0.15, 0.2) is 29.4 Å². The standard InChI is InChI=1S/C17H21N5O2S/c1-11(23)14-9-5-6-10-15(14)18-16(24)12(2)25-17-19-20-21-22(17)13-7-3-4-8-13/h5-6,9-10,12-13H,3-4,7-8H2,1-2H3,(H,18,24). The Morgan fingerprint density at radius 2 is 2.00 bits per heavy atom. The molecule has 25 heavy (non-hydrogen) atoms. The molecule has 1 aromatic heterocycles. The lowest BCUT2D eigenvalue weighted by Gasteiger charge is -2.15. The van der Waals surface area contributed by atoms with Gasteiger partial charge in [-0.1, -0.05) is 36.7 Å². The van der Waals surface area contributed by atoms with Crippen molar-refractivity contribution in [2.75, 3.05) is 5.32 Å². The van der Waals surface area contributed by atoms with Gasteiger partial charge in [0.15, 0.2) is 5.78 Å². The Morgan fingerprint density at radius 3 is 2.72 bits per heavy atom. The fraction of sp³-hybridized carbons (Fsp3) is 0.471. The van der Waals surface area contributed by atoms with Crippen LogP contribution in [0.25, 0.3) is 0 Å². The molecule has 1 aromatic carbocycles. The van der Waals surface area contributed by atoms with E-state index in [1.165, 1.54) is 31.5 Å². The number of hydrogen-bond acceptors (Lipinski definition) is 6. The fourth-order valence-electron chi connectivity index (χ4n) is 2.99. The Morgan fingerprint density at radius 1 is 1.28 bits per heavy atom. The highest BCUT2D eigenvalue weighted by Crippen LogP contribution is 2.32. The predicted octanol–water partition coefficient (Wildman–Crippen LogP) is 3.11. The van der Waals surface area contributed by atoms with E-state index >= 15 is 0 Å². The number of amides is 1. The molecule has 0 aliphatic heterocycles. The van der Waals surface area contributed by atoms with Crippen molar-refractivity contribution in [1.29, 1.82) is 0 Å². The first kappa shape index (κ1) is 17.6. The Hall–Kier alpha value is -2.22. The smallest absolute Gasteiger partial charge is 0.237 e. The van der Waals surface area contributed by atoms with Gasteiger partial charge < -0.3 is 5.32 Å². The SMILES string of the molecule is CC(=O)c1ccccc1NC(=O)C(C)Sc1nnnn1C1CCCC1. The number of hydrogen-bond donors (Lipinski definition) is 1. The third-order valence-corrected chi connectivity index (χ3v) is 5.40. The van der Waals surface area contributed by atoms with Crippen LogP contribution in [0.1, 0.15) is 55.9 Å². The zero-order valence-corrected chi connectivity index (χ0v) is 15.1. The van der Waals surface area contributed by atoms with Gasteiger partial charge in [-0.25, -0.2) is 4.68 Å². The average molecular weight is 359 g/mol. The van der Waals surface area contributed by atoms with Gasteiger partial charge in [0.2, 0.25) is 11.1 Å². The molecule has 1 saturated carbocycles. The van der Waals surface area contributed by atoms with Crippen LogP contribution in [0, 0.1) is 0 Å². The highest BCUT2D eigenvalue weighted by molar-refractivity contribution is 8.00. The predicted molar refractivity (Wildman–Crippen MR) is 95.7 cm³/mol. The number of anilines is 1. The molecule has 1 aliphatic rings. The largest absolute Gasteiger partial charge is 0.324 e. The van der Waals surface area contributed by atoms with Crippen LogP contribution in [0.4, 0.5) is 5.69 Å². The monoisotopic (exact) mass is 359 g/mol. The van der Waals surface area contributed by atoms with Crippen molar-refractivity contribution in [2.45, 2.75) is 56.0 Å². The quantitative estimate of drug-likeness (QED) is 0.629. The summed E-state index contributed by atoms with van der Waals surface area (Å²) in [6.45, 7) is 3.29. The van der Waals surface area contributed by atoms with Crippen molar-refractivity contribution in [1.82, 2.24) is 20.2 Å². The zero-order valence-electron chi connectivity index (χ0n) is 14.3. The number of aromatic nitrogens is 4. The van der Waals surface area contributed by atoms with Crippen molar-refractivity contribution in [3.8, 4) is 0 Å². The third-order valence-electron chi connectivity index (χ3n) is 4.35. The molecular weight excluding hydrogens is 338 g/mol. The minimum atomic E-state index is -0.383. The highest BCUT2D eigenvalue weighted by Gasteiger charge is 2.25. The lowest BCUT2D eigenvalue weighted by molar-refractivity contribution is -0.115. The van der Waals surface area contributed by atoms with Crippen molar-refractivity contribution in [2.24, 2.45) is 0 Å². The molecule has 132 valence electrons. The molecule has 7 nitrogen and oxygen atoms in total. The highest BCUT2D eigenvalue weighted by atomic mass is 32.2. The second-order valence-electron chi connectivity index (χ2n) is 6.20. The lowest BCUT2D eigenvalue weighted by atomic mass is 10.1. The van der Waals surface area contributed by atoms with Crippen LogP contribution in [0.5, 0.6) is 0 Å². The molecule has 0 radical (unpaired) electrons. The van der Waals surface area contributed by atoms with E-state index in [1.807, 2.05) is 11.6 Å². The van der Waals surface area contributed by atoms with Crippen molar-refractivity contribution in [3.63, 3.8) is 0 Å². The molecule has 3 rings (SSSR count). The third kappa shape index (κ3) is 4.07. The van der Waals surface area contributed by atoms with Gasteiger partial charge >= 0.3 is 0 Å². The van der Waals surface area contributed by atoms with Gasteiger partial charge in [0.25, 0.3) is 0 Å². The van der Waals surface area contributed by atoms with Crippen LogP contribution < -0.4 is 5.32 Å². The maximum absolute atomic E-state index is 12.5. The number of tetrazole rings is 1. The molecule has 1 heterocycles. The van der Waals surface area contributed by atoms with E-state index in [4.69, 9.17) is 0 Å². The van der Waals surface area contributed by atoms with Crippen molar-refractivity contribution in [3.05, 3.63) is 29.8 Å². The fourth-order valence-corrected chi connectivity index (χ4v) is 3.85. The van der Waals surface area contributed by atoms with E-state index < -0.39 is 0 Å². The van der Waals surface area contributed by atoms with Gasteiger partial charge in [-0.05, 0) is 49.2 Å². The zero-order chi connectivity index (χ0) is 17.8. The molecule has 1 amide bonds. The number of Topliss-reactive ketones (excluding diaryl/α,β-unsaturated/α-hetero) is 1. The first-order chi connectivity index (χ1) is 12.1. The van der Waals surface area contributed by atoms with Crippen LogP contribution in [0.3, 0.4) is 0 Å². The Bertz CT molecular complexity index is 770. The van der Waals surface area contributed by atoms with Crippen LogP contribution >= 0.6 is 11.8 Å². The maximum atomic E-state index is 12.5. The molecule has 0 bridgehead atoms. The molecule has 1 fully saturated rings. The Kier molecular flexibility index (Phi) is 5.47. The Labute approximate surface area is 150 Å². The summed E-state index contributed by atoms with van der Waals surface area (Å²) in [7, 11) is 0. The molecule has 2 aromatic rings. The van der Waals surface area contributed by atoms with Crippen molar-refractivity contribution >= 4 is 29.1 Å². The Balaban J connectivity index is 1.68. The molecule has 1 unspecified atom stereocenters. The molecule has 0 spiro atoms. The summed E-state index contributed by atoms with van der Waals surface area (Å²) in [5.74, 6) is -0.263. The van der Waals surface area contributed by atoms with Gasteiger partial charge in [0, 0.05) is 5.56 Å². The van der Waals surface area contributed by atoms with Gasteiger partial charge in [-0.15, -0.1) is 5.10 Å². The van der Waals surface area contributed by atoms with E-state index in [2.05, 4.69) is 20.8 Å². The number of para-hydroxylation sites is 1. The molecule has 0 saturated heterocycles. The first-order valence-electron chi connectivity index (χ1n) is 8.41. The van der Waals surface area contributed by atoms with Gasteiger partial charge in [0.05, 0.1) is 17.0 Å². The minimum Gasteiger partial charge on any atom is -0.324 e. The summed E-state index contributed by atoms with van der Waals surface area (Å²) in [6, 6.07) is 7.33.